The minimum absolute atomic E-state index is 0.0777. The Morgan fingerprint density at radius 2 is 0.960 bits per heavy atom. The van der Waals surface area contributed by atoms with Crippen molar-refractivity contribution in [3.63, 3.8) is 0 Å². The first-order valence-electron chi connectivity index (χ1n) is 21.4. The minimum atomic E-state index is -4.29. The minimum Gasteiger partial charge on any atom is -0.391 e. The fourth-order valence-corrected chi connectivity index (χ4v) is 7.13. The van der Waals surface area contributed by atoms with E-state index in [0.29, 0.717) is 23.9 Å². The second-order valence-corrected chi connectivity index (χ2v) is 17.5. The average Bonchev–Trinajstić information content (AvgIpc) is 3.06. The first-order chi connectivity index (χ1) is 24.0. The third-order valence-electron chi connectivity index (χ3n) is 9.86. The fourth-order valence-electron chi connectivity index (χ4n) is 6.40. The molecule has 0 spiro atoms. The molecule has 9 heteroatoms. The van der Waals surface area contributed by atoms with E-state index in [0.717, 1.165) is 38.5 Å². The van der Waals surface area contributed by atoms with Crippen molar-refractivity contribution in [1.29, 1.82) is 0 Å². The molecule has 0 aliphatic heterocycles. The molecule has 3 unspecified atom stereocenters. The number of hydrogen-bond acceptors (Lipinski definition) is 5. The molecule has 0 radical (unpaired) electrons. The number of hydrogen-bond donors (Lipinski definition) is 3. The molecule has 0 aliphatic carbocycles. The number of amides is 1. The molecule has 300 valence electrons. The van der Waals surface area contributed by atoms with E-state index in [1.54, 1.807) is 0 Å². The number of carbonyl (C=O) groups excluding carboxylic acids is 1. The zero-order chi connectivity index (χ0) is 37.2. The number of aliphatic hydroxyl groups excluding tert-OH is 1. The van der Waals surface area contributed by atoms with Crippen LogP contribution in [0.25, 0.3) is 0 Å². The molecule has 0 saturated heterocycles. The van der Waals surface area contributed by atoms with Crippen LogP contribution < -0.4 is 5.32 Å². The number of quaternary nitrogens is 1. The van der Waals surface area contributed by atoms with E-state index >= 15 is 0 Å². The Morgan fingerprint density at radius 1 is 0.600 bits per heavy atom. The summed E-state index contributed by atoms with van der Waals surface area (Å²) in [5.41, 5.74) is 0. The standard InChI is InChI=1S/C41H85N2O6P/c1-6-8-10-12-14-15-16-17-18-19-20-21-22-23-24-25-26-27-28-29-30-32-34-40(44)39(42-41(45)35-33-31-13-11-9-7-2)38-49-50(46,47)48-37-36-43(3,4)5/h39-40,44H,6-38H2,1-5H3,(H-,42,45,46,47)/p+1. The lowest BCUT2D eigenvalue weighted by molar-refractivity contribution is -0.870. The fraction of sp³-hybridized carbons (Fsp3) is 0.976. The Labute approximate surface area is 310 Å². The summed E-state index contributed by atoms with van der Waals surface area (Å²) in [7, 11) is 1.62. The van der Waals surface area contributed by atoms with Crippen LogP contribution in [0.5, 0.6) is 0 Å². The molecule has 1 amide bonds. The molecule has 50 heavy (non-hydrogen) atoms. The third-order valence-corrected chi connectivity index (χ3v) is 10.8. The molecular formula is C41H86N2O6P+. The summed E-state index contributed by atoms with van der Waals surface area (Å²) in [5.74, 6) is -0.152. The van der Waals surface area contributed by atoms with Crippen molar-refractivity contribution in [2.45, 2.75) is 219 Å². The maximum Gasteiger partial charge on any atom is 0.472 e. The maximum absolute atomic E-state index is 12.7. The number of unbranched alkanes of at least 4 members (excludes halogenated alkanes) is 26. The SMILES string of the molecule is CCCCCCCCCCCCCCCCCCCCCCCCC(O)C(COP(=O)(O)OCC[N+](C)(C)C)NC(=O)CCCCCCCC. The molecule has 8 nitrogen and oxygen atoms in total. The van der Waals surface area contributed by atoms with Gasteiger partial charge in [0.15, 0.2) is 0 Å². The number of nitrogens with one attached hydrogen (secondary N) is 1. The zero-order valence-electron chi connectivity index (χ0n) is 33.9. The van der Waals surface area contributed by atoms with Gasteiger partial charge in [0.25, 0.3) is 0 Å². The van der Waals surface area contributed by atoms with Gasteiger partial charge in [-0.05, 0) is 12.8 Å². The van der Waals surface area contributed by atoms with Crippen molar-refractivity contribution in [3.8, 4) is 0 Å². The van der Waals surface area contributed by atoms with Gasteiger partial charge in [-0.25, -0.2) is 4.57 Å². The highest BCUT2D eigenvalue weighted by Gasteiger charge is 2.28. The summed E-state index contributed by atoms with van der Waals surface area (Å²) in [6.45, 7) is 4.83. The van der Waals surface area contributed by atoms with Crippen LogP contribution in [0.3, 0.4) is 0 Å². The summed E-state index contributed by atoms with van der Waals surface area (Å²) < 4.78 is 23.5. The monoisotopic (exact) mass is 734 g/mol. The number of nitrogens with zero attached hydrogens (tertiary/aromatic N) is 1. The number of rotatable bonds is 39. The van der Waals surface area contributed by atoms with Crippen LogP contribution >= 0.6 is 7.82 Å². The van der Waals surface area contributed by atoms with Crippen molar-refractivity contribution in [1.82, 2.24) is 5.32 Å². The van der Waals surface area contributed by atoms with Gasteiger partial charge in [0.2, 0.25) is 5.91 Å². The van der Waals surface area contributed by atoms with Crippen LogP contribution in [0, 0.1) is 0 Å². The Kier molecular flexibility index (Phi) is 33.9. The first kappa shape index (κ1) is 49.5. The maximum atomic E-state index is 12.7. The molecule has 3 atom stereocenters. The quantitative estimate of drug-likeness (QED) is 0.0330. The molecular weight excluding hydrogens is 647 g/mol. The van der Waals surface area contributed by atoms with E-state index in [1.165, 1.54) is 141 Å². The number of phosphoric ester groups is 1. The average molecular weight is 734 g/mol. The van der Waals surface area contributed by atoms with Crippen LogP contribution in [-0.4, -0.2) is 73.4 Å². The van der Waals surface area contributed by atoms with Crippen molar-refractivity contribution < 1.29 is 32.9 Å². The van der Waals surface area contributed by atoms with Crippen LogP contribution in [0.4, 0.5) is 0 Å². The highest BCUT2D eigenvalue weighted by Crippen LogP contribution is 2.43. The molecule has 3 N–H and O–H groups in total. The summed E-state index contributed by atoms with van der Waals surface area (Å²) >= 11 is 0. The predicted octanol–water partition coefficient (Wildman–Crippen LogP) is 11.4. The molecule has 0 fully saturated rings. The van der Waals surface area contributed by atoms with Gasteiger partial charge in [-0.15, -0.1) is 0 Å². The van der Waals surface area contributed by atoms with Crippen molar-refractivity contribution in [2.24, 2.45) is 0 Å². The summed E-state index contributed by atoms with van der Waals surface area (Å²) in [6, 6.07) is -0.750. The predicted molar refractivity (Wildman–Crippen MR) is 212 cm³/mol. The smallest absolute Gasteiger partial charge is 0.391 e. The van der Waals surface area contributed by atoms with Crippen LogP contribution in [0.2, 0.25) is 0 Å². The second-order valence-electron chi connectivity index (χ2n) is 16.1. The third kappa shape index (κ3) is 35.9. The number of aliphatic hydroxyl groups is 1. The largest absolute Gasteiger partial charge is 0.472 e. The molecule has 0 bridgehead atoms. The van der Waals surface area contributed by atoms with E-state index in [-0.39, 0.29) is 19.1 Å². The van der Waals surface area contributed by atoms with Crippen LogP contribution in [-0.2, 0) is 18.4 Å². The van der Waals surface area contributed by atoms with Gasteiger partial charge < -0.3 is 19.8 Å². The van der Waals surface area contributed by atoms with E-state index in [1.807, 2.05) is 21.1 Å². The van der Waals surface area contributed by atoms with E-state index in [9.17, 15) is 19.4 Å². The Morgan fingerprint density at radius 3 is 1.34 bits per heavy atom. The lowest BCUT2D eigenvalue weighted by Gasteiger charge is -2.26. The van der Waals surface area contributed by atoms with Gasteiger partial charge in [-0.2, -0.15) is 0 Å². The molecule has 0 aromatic rings. The number of carbonyl (C=O) groups is 1. The number of likely N-dealkylation sites (N-methyl/N-ethyl adjacent to an activating group) is 1. The molecule has 0 aromatic heterocycles. The topological polar surface area (TPSA) is 105 Å². The first-order valence-corrected chi connectivity index (χ1v) is 22.9. The van der Waals surface area contributed by atoms with Gasteiger partial charge in [-0.1, -0.05) is 187 Å². The molecule has 0 saturated carbocycles. The Hall–Kier alpha value is -0.500. The van der Waals surface area contributed by atoms with Crippen LogP contribution in [0.15, 0.2) is 0 Å². The summed E-state index contributed by atoms with van der Waals surface area (Å²) in [6.07, 6.45) is 35.9. The zero-order valence-corrected chi connectivity index (χ0v) is 34.8. The van der Waals surface area contributed by atoms with Crippen molar-refractivity contribution in [2.75, 3.05) is 40.9 Å². The van der Waals surface area contributed by atoms with Gasteiger partial charge in [0, 0.05) is 6.42 Å². The summed E-state index contributed by atoms with van der Waals surface area (Å²) in [5, 5.41) is 13.8. The van der Waals surface area contributed by atoms with Crippen molar-refractivity contribution in [3.05, 3.63) is 0 Å². The van der Waals surface area contributed by atoms with Crippen molar-refractivity contribution >= 4 is 13.7 Å². The lowest BCUT2D eigenvalue weighted by Crippen LogP contribution is -2.46. The molecule has 0 rings (SSSR count). The number of phosphoric acid groups is 1. The second kappa shape index (κ2) is 34.3. The normalized spacial score (nSPS) is 14.5. The molecule has 0 heterocycles. The highest BCUT2D eigenvalue weighted by atomic mass is 31.2. The molecule has 0 aliphatic rings. The highest BCUT2D eigenvalue weighted by molar-refractivity contribution is 7.47. The van der Waals surface area contributed by atoms with Gasteiger partial charge >= 0.3 is 7.82 Å². The Bertz CT molecular complexity index is 794. The lowest BCUT2D eigenvalue weighted by atomic mass is 10.0. The van der Waals surface area contributed by atoms with Gasteiger partial charge in [-0.3, -0.25) is 13.8 Å². The Balaban J connectivity index is 4.10. The van der Waals surface area contributed by atoms with Crippen LogP contribution in [0.1, 0.15) is 206 Å². The summed E-state index contributed by atoms with van der Waals surface area (Å²) in [4.78, 5) is 22.9. The van der Waals surface area contributed by atoms with E-state index in [4.69, 9.17) is 9.05 Å². The van der Waals surface area contributed by atoms with E-state index < -0.39 is 20.0 Å². The molecule has 0 aromatic carbocycles. The van der Waals surface area contributed by atoms with E-state index in [2.05, 4.69) is 19.2 Å². The van der Waals surface area contributed by atoms with Gasteiger partial charge in [0.1, 0.15) is 13.2 Å². The van der Waals surface area contributed by atoms with Gasteiger partial charge in [0.05, 0.1) is 39.9 Å².